The molecular weight excluding hydrogens is 276 g/mol. The first-order chi connectivity index (χ1) is 9.54. The van der Waals surface area contributed by atoms with Crippen LogP contribution in [0.15, 0.2) is 12.4 Å². The third kappa shape index (κ3) is 2.57. The Morgan fingerprint density at radius 1 is 1.65 bits per heavy atom. The number of hydrogen-bond acceptors (Lipinski definition) is 6. The van der Waals surface area contributed by atoms with Crippen LogP contribution < -0.4 is 11.1 Å². The third-order valence-electron chi connectivity index (χ3n) is 2.67. The number of thiophene rings is 1. The van der Waals surface area contributed by atoms with Gasteiger partial charge < -0.3 is 16.0 Å². The van der Waals surface area contributed by atoms with Gasteiger partial charge in [0.15, 0.2) is 0 Å². The highest BCUT2D eigenvalue weighted by molar-refractivity contribution is 7.18. The van der Waals surface area contributed by atoms with Crippen LogP contribution >= 0.6 is 11.3 Å². The minimum Gasteiger partial charge on any atom is -0.396 e. The third-order valence-corrected chi connectivity index (χ3v) is 3.82. The topological polar surface area (TPSA) is 111 Å². The average molecular weight is 290 g/mol. The van der Waals surface area contributed by atoms with Gasteiger partial charge in [-0.3, -0.25) is 9.89 Å². The summed E-state index contributed by atoms with van der Waals surface area (Å²) >= 11 is 1.19. The molecule has 0 atom stereocenters. The number of carbonyl (C=O) groups is 1. The molecule has 0 aliphatic carbocycles. The minimum atomic E-state index is -0.208. The molecule has 0 unspecified atom stereocenters. The molecule has 0 saturated heterocycles. The van der Waals surface area contributed by atoms with Crippen LogP contribution in [0.2, 0.25) is 0 Å². The molecule has 104 valence electrons. The van der Waals surface area contributed by atoms with Crippen LogP contribution in [0.5, 0.6) is 0 Å². The summed E-state index contributed by atoms with van der Waals surface area (Å²) in [5.41, 5.74) is 7.37. The minimum absolute atomic E-state index is 0.208. The lowest BCUT2D eigenvalue weighted by molar-refractivity contribution is 0.0833. The SMILES string of the molecule is CN(C)C(=O)c1sc(NCc2cn[nH]c2)c(C#N)c1N. The van der Waals surface area contributed by atoms with Crippen LogP contribution in [0, 0.1) is 11.3 Å². The highest BCUT2D eigenvalue weighted by atomic mass is 32.1. The predicted molar refractivity (Wildman–Crippen MR) is 77.4 cm³/mol. The second-order valence-corrected chi connectivity index (χ2v) is 5.34. The molecule has 2 aromatic heterocycles. The van der Waals surface area contributed by atoms with E-state index in [4.69, 9.17) is 5.73 Å². The molecule has 0 aliphatic rings. The summed E-state index contributed by atoms with van der Waals surface area (Å²) in [5.74, 6) is -0.208. The summed E-state index contributed by atoms with van der Waals surface area (Å²) in [6, 6.07) is 2.04. The van der Waals surface area contributed by atoms with Crippen molar-refractivity contribution in [2.24, 2.45) is 0 Å². The van der Waals surface area contributed by atoms with E-state index in [-0.39, 0.29) is 11.6 Å². The Morgan fingerprint density at radius 2 is 2.40 bits per heavy atom. The standard InChI is InChI=1S/C12H14N6OS/c1-18(2)12(19)10-9(14)8(3-13)11(20-10)15-4-7-5-16-17-6-7/h5-6,15H,4,14H2,1-2H3,(H,16,17). The first-order valence-electron chi connectivity index (χ1n) is 5.80. The number of nitrogen functional groups attached to an aromatic ring is 1. The number of aromatic nitrogens is 2. The van der Waals surface area contributed by atoms with E-state index in [0.717, 1.165) is 5.56 Å². The van der Waals surface area contributed by atoms with Gasteiger partial charge in [-0.2, -0.15) is 10.4 Å². The average Bonchev–Trinajstić information content (AvgIpc) is 3.03. The molecule has 0 fully saturated rings. The van der Waals surface area contributed by atoms with E-state index >= 15 is 0 Å². The molecule has 0 saturated carbocycles. The smallest absolute Gasteiger partial charge is 0.265 e. The van der Waals surface area contributed by atoms with E-state index in [1.54, 1.807) is 26.5 Å². The molecule has 0 radical (unpaired) electrons. The second kappa shape index (κ2) is 5.63. The van der Waals surface area contributed by atoms with Crippen molar-refractivity contribution < 1.29 is 4.79 Å². The van der Waals surface area contributed by atoms with Crippen LogP contribution in [0.1, 0.15) is 20.8 Å². The summed E-state index contributed by atoms with van der Waals surface area (Å²) in [6.45, 7) is 0.501. The molecule has 7 nitrogen and oxygen atoms in total. The van der Waals surface area contributed by atoms with Crippen molar-refractivity contribution in [3.8, 4) is 6.07 Å². The Balaban J connectivity index is 2.27. The quantitative estimate of drug-likeness (QED) is 0.784. The molecule has 2 heterocycles. The monoisotopic (exact) mass is 290 g/mol. The molecule has 0 bridgehead atoms. The number of anilines is 2. The van der Waals surface area contributed by atoms with Gasteiger partial charge in [-0.1, -0.05) is 0 Å². The molecule has 2 rings (SSSR count). The van der Waals surface area contributed by atoms with E-state index in [1.807, 2.05) is 6.07 Å². The Hall–Kier alpha value is -2.53. The summed E-state index contributed by atoms with van der Waals surface area (Å²) in [5, 5.41) is 19.4. The van der Waals surface area contributed by atoms with E-state index in [0.29, 0.717) is 22.0 Å². The van der Waals surface area contributed by atoms with Gasteiger partial charge in [0.2, 0.25) is 0 Å². The van der Waals surface area contributed by atoms with Crippen molar-refractivity contribution in [2.45, 2.75) is 6.54 Å². The summed E-state index contributed by atoms with van der Waals surface area (Å²) < 4.78 is 0. The highest BCUT2D eigenvalue weighted by Gasteiger charge is 2.22. The lowest BCUT2D eigenvalue weighted by Crippen LogP contribution is -2.21. The summed E-state index contributed by atoms with van der Waals surface area (Å²) in [4.78, 5) is 13.8. The van der Waals surface area contributed by atoms with E-state index in [2.05, 4.69) is 15.5 Å². The fourth-order valence-electron chi connectivity index (χ4n) is 1.60. The van der Waals surface area contributed by atoms with Crippen molar-refractivity contribution in [1.82, 2.24) is 15.1 Å². The van der Waals surface area contributed by atoms with Gasteiger partial charge in [0.25, 0.3) is 5.91 Å². The van der Waals surface area contributed by atoms with Gasteiger partial charge in [0, 0.05) is 32.4 Å². The zero-order valence-corrected chi connectivity index (χ0v) is 11.9. The van der Waals surface area contributed by atoms with E-state index in [9.17, 15) is 10.1 Å². The Bertz CT molecular complexity index is 652. The molecule has 8 heteroatoms. The molecule has 2 aromatic rings. The fourth-order valence-corrected chi connectivity index (χ4v) is 2.69. The van der Waals surface area contributed by atoms with Crippen LogP contribution in [0.3, 0.4) is 0 Å². The normalized spacial score (nSPS) is 10.1. The van der Waals surface area contributed by atoms with Crippen LogP contribution in [0.25, 0.3) is 0 Å². The molecule has 0 aliphatic heterocycles. The van der Waals surface area contributed by atoms with Gasteiger partial charge in [0.1, 0.15) is 21.5 Å². The van der Waals surface area contributed by atoms with Gasteiger partial charge in [-0.05, 0) is 0 Å². The molecule has 20 heavy (non-hydrogen) atoms. The van der Waals surface area contributed by atoms with Crippen molar-refractivity contribution >= 4 is 27.9 Å². The summed E-state index contributed by atoms with van der Waals surface area (Å²) in [7, 11) is 3.29. The van der Waals surface area contributed by atoms with Crippen molar-refractivity contribution in [2.75, 3.05) is 25.1 Å². The zero-order valence-electron chi connectivity index (χ0n) is 11.1. The Morgan fingerprint density at radius 3 is 2.95 bits per heavy atom. The number of nitrogens with zero attached hydrogens (tertiary/aromatic N) is 3. The van der Waals surface area contributed by atoms with Gasteiger partial charge in [-0.15, -0.1) is 11.3 Å². The molecular formula is C12H14N6OS. The second-order valence-electron chi connectivity index (χ2n) is 4.32. The fraction of sp³-hybridized carbons (Fsp3) is 0.250. The van der Waals surface area contributed by atoms with Crippen molar-refractivity contribution in [1.29, 1.82) is 5.26 Å². The maximum absolute atomic E-state index is 12.0. The first kappa shape index (κ1) is 13.9. The number of nitriles is 1. The molecule has 4 N–H and O–H groups in total. The van der Waals surface area contributed by atoms with Crippen LogP contribution in [0.4, 0.5) is 10.7 Å². The van der Waals surface area contributed by atoms with Crippen molar-refractivity contribution in [3.63, 3.8) is 0 Å². The first-order valence-corrected chi connectivity index (χ1v) is 6.61. The number of aromatic amines is 1. The zero-order chi connectivity index (χ0) is 14.7. The number of hydrogen-bond donors (Lipinski definition) is 3. The van der Waals surface area contributed by atoms with Gasteiger partial charge in [0.05, 0.1) is 11.9 Å². The maximum Gasteiger partial charge on any atom is 0.265 e. The number of nitrogens with one attached hydrogen (secondary N) is 2. The summed E-state index contributed by atoms with van der Waals surface area (Å²) in [6.07, 6.45) is 3.43. The number of amides is 1. The van der Waals surface area contributed by atoms with Gasteiger partial charge in [-0.25, -0.2) is 0 Å². The predicted octanol–water partition coefficient (Wildman–Crippen LogP) is 1.24. The van der Waals surface area contributed by atoms with Crippen LogP contribution in [-0.4, -0.2) is 35.1 Å². The number of nitrogens with two attached hydrogens (primary N) is 1. The number of rotatable bonds is 4. The van der Waals surface area contributed by atoms with Crippen molar-refractivity contribution in [3.05, 3.63) is 28.4 Å². The Kier molecular flexibility index (Phi) is 3.91. The van der Waals surface area contributed by atoms with Crippen LogP contribution in [-0.2, 0) is 6.54 Å². The number of H-pyrrole nitrogens is 1. The lowest BCUT2D eigenvalue weighted by Gasteiger charge is -2.08. The van der Waals surface area contributed by atoms with E-state index < -0.39 is 0 Å². The maximum atomic E-state index is 12.0. The molecule has 0 aromatic carbocycles. The highest BCUT2D eigenvalue weighted by Crippen LogP contribution is 2.35. The Labute approximate surface area is 120 Å². The molecule has 1 amide bonds. The van der Waals surface area contributed by atoms with E-state index in [1.165, 1.54) is 16.2 Å². The largest absolute Gasteiger partial charge is 0.396 e. The number of carbonyl (C=O) groups excluding carboxylic acids is 1. The lowest BCUT2D eigenvalue weighted by atomic mass is 10.2. The molecule has 0 spiro atoms. The van der Waals surface area contributed by atoms with Gasteiger partial charge >= 0.3 is 0 Å².